The molecule has 2 aromatic carbocycles. The Kier molecular flexibility index (Phi) is 4.61. The van der Waals surface area contributed by atoms with E-state index in [0.717, 1.165) is 0 Å². The number of carbonyl (C=O) groups is 1. The minimum atomic E-state index is -0.495. The van der Waals surface area contributed by atoms with Gasteiger partial charge in [0.05, 0.1) is 26.4 Å². The van der Waals surface area contributed by atoms with Gasteiger partial charge in [0.25, 0.3) is 0 Å². The van der Waals surface area contributed by atoms with Crippen LogP contribution in [0.2, 0.25) is 0 Å². The predicted octanol–water partition coefficient (Wildman–Crippen LogP) is 3.60. The third-order valence-corrected chi connectivity index (χ3v) is 3.95. The van der Waals surface area contributed by atoms with Crippen molar-refractivity contribution in [1.29, 1.82) is 0 Å². The van der Waals surface area contributed by atoms with Gasteiger partial charge in [-0.2, -0.15) is 0 Å². The second-order valence-electron chi connectivity index (χ2n) is 5.51. The first-order chi connectivity index (χ1) is 12.0. The Bertz CT molecular complexity index is 832. The summed E-state index contributed by atoms with van der Waals surface area (Å²) in [7, 11) is 2.85. The van der Waals surface area contributed by atoms with Gasteiger partial charge in [-0.1, -0.05) is 0 Å². The lowest BCUT2D eigenvalue weighted by atomic mass is 9.98. The maximum atomic E-state index is 13.5. The van der Waals surface area contributed by atoms with Crippen molar-refractivity contribution in [2.75, 3.05) is 20.8 Å². The highest BCUT2D eigenvalue weighted by Crippen LogP contribution is 2.38. The van der Waals surface area contributed by atoms with Crippen molar-refractivity contribution in [3.8, 4) is 23.0 Å². The molecule has 1 aliphatic rings. The first-order valence-electron chi connectivity index (χ1n) is 7.66. The molecule has 6 heteroatoms. The number of halogens is 1. The Balaban J connectivity index is 2.05. The van der Waals surface area contributed by atoms with E-state index in [1.54, 1.807) is 18.2 Å². The number of rotatable bonds is 3. The van der Waals surface area contributed by atoms with Gasteiger partial charge in [0.1, 0.15) is 11.6 Å². The molecule has 1 heterocycles. The zero-order valence-electron chi connectivity index (χ0n) is 13.8. The lowest BCUT2D eigenvalue weighted by Crippen LogP contribution is -2.03. The molecule has 25 heavy (non-hydrogen) atoms. The van der Waals surface area contributed by atoms with Crippen LogP contribution in [0.4, 0.5) is 4.39 Å². The normalized spacial score (nSPS) is 15.3. The summed E-state index contributed by atoms with van der Waals surface area (Å²) in [6.07, 6.45) is 2.04. The molecule has 0 unspecified atom stereocenters. The quantitative estimate of drug-likeness (QED) is 0.862. The Morgan fingerprint density at radius 3 is 2.48 bits per heavy atom. The molecule has 0 saturated carbocycles. The standard InChI is InChI=1S/C19H17FO5/c1-23-16-8-11(9-17(24-2)19(16)22)7-12-5-6-25-15-4-3-13(20)10-14(15)18(12)21/h3-4,7-10,22H,5-6H2,1-2H3/b12-7-. The highest BCUT2D eigenvalue weighted by atomic mass is 19.1. The molecule has 0 aromatic heterocycles. The van der Waals surface area contributed by atoms with Gasteiger partial charge in [0.15, 0.2) is 17.3 Å². The molecule has 3 rings (SSSR count). The van der Waals surface area contributed by atoms with Crippen LogP contribution in [0, 0.1) is 5.82 Å². The number of phenols is 1. The van der Waals surface area contributed by atoms with Gasteiger partial charge in [-0.25, -0.2) is 4.39 Å². The molecular formula is C19H17FO5. The van der Waals surface area contributed by atoms with Crippen LogP contribution in [-0.4, -0.2) is 31.7 Å². The summed E-state index contributed by atoms with van der Waals surface area (Å²) >= 11 is 0. The largest absolute Gasteiger partial charge is 0.502 e. The summed E-state index contributed by atoms with van der Waals surface area (Å²) in [5.74, 6) is -0.0707. The van der Waals surface area contributed by atoms with E-state index in [9.17, 15) is 14.3 Å². The molecule has 1 N–H and O–H groups in total. The van der Waals surface area contributed by atoms with E-state index in [1.807, 2.05) is 0 Å². The smallest absolute Gasteiger partial charge is 0.200 e. The summed E-state index contributed by atoms with van der Waals surface area (Å²) in [5, 5.41) is 9.98. The van der Waals surface area contributed by atoms with Gasteiger partial charge < -0.3 is 19.3 Å². The average Bonchev–Trinajstić information content (AvgIpc) is 2.76. The number of benzene rings is 2. The number of carbonyl (C=O) groups excluding carboxylic acids is 1. The molecule has 5 nitrogen and oxygen atoms in total. The third-order valence-electron chi connectivity index (χ3n) is 3.95. The number of Topliss-reactive ketones (excluding diaryl/α,β-unsaturated/α-hetero) is 1. The van der Waals surface area contributed by atoms with E-state index in [-0.39, 0.29) is 28.6 Å². The first-order valence-corrected chi connectivity index (χ1v) is 7.66. The highest BCUT2D eigenvalue weighted by Gasteiger charge is 2.22. The highest BCUT2D eigenvalue weighted by molar-refractivity contribution is 6.13. The molecule has 0 radical (unpaired) electrons. The van der Waals surface area contributed by atoms with E-state index < -0.39 is 5.82 Å². The van der Waals surface area contributed by atoms with Crippen molar-refractivity contribution in [3.05, 3.63) is 52.8 Å². The fraction of sp³-hybridized carbons (Fsp3) is 0.211. The van der Waals surface area contributed by atoms with E-state index in [0.29, 0.717) is 29.9 Å². The van der Waals surface area contributed by atoms with Gasteiger partial charge >= 0.3 is 0 Å². The predicted molar refractivity (Wildman–Crippen MR) is 90.0 cm³/mol. The Labute approximate surface area is 144 Å². The molecular weight excluding hydrogens is 327 g/mol. The van der Waals surface area contributed by atoms with Gasteiger partial charge in [-0.3, -0.25) is 4.79 Å². The van der Waals surface area contributed by atoms with Crippen LogP contribution in [0.5, 0.6) is 23.0 Å². The molecule has 0 spiro atoms. The van der Waals surface area contributed by atoms with E-state index in [1.165, 1.54) is 32.4 Å². The number of methoxy groups -OCH3 is 2. The van der Waals surface area contributed by atoms with E-state index >= 15 is 0 Å². The van der Waals surface area contributed by atoms with Crippen LogP contribution in [0.3, 0.4) is 0 Å². The summed E-state index contributed by atoms with van der Waals surface area (Å²) in [6, 6.07) is 7.08. The Morgan fingerprint density at radius 1 is 1.16 bits per heavy atom. The second kappa shape index (κ2) is 6.84. The molecule has 0 bridgehead atoms. The minimum absolute atomic E-state index is 0.116. The molecule has 0 aliphatic carbocycles. The fourth-order valence-electron chi connectivity index (χ4n) is 2.70. The van der Waals surface area contributed by atoms with E-state index in [2.05, 4.69) is 0 Å². The Morgan fingerprint density at radius 2 is 1.84 bits per heavy atom. The van der Waals surface area contributed by atoms with Gasteiger partial charge in [0, 0.05) is 12.0 Å². The van der Waals surface area contributed by atoms with Crippen molar-refractivity contribution in [2.45, 2.75) is 6.42 Å². The van der Waals surface area contributed by atoms with Gasteiger partial charge in [-0.15, -0.1) is 0 Å². The van der Waals surface area contributed by atoms with Crippen LogP contribution in [-0.2, 0) is 0 Å². The number of hydrogen-bond donors (Lipinski definition) is 1. The van der Waals surface area contributed by atoms with Crippen LogP contribution >= 0.6 is 0 Å². The second-order valence-corrected chi connectivity index (χ2v) is 5.51. The van der Waals surface area contributed by atoms with Crippen LogP contribution < -0.4 is 14.2 Å². The molecule has 1 aliphatic heterocycles. The van der Waals surface area contributed by atoms with Crippen molar-refractivity contribution in [1.82, 2.24) is 0 Å². The van der Waals surface area contributed by atoms with Gasteiger partial charge in [0.2, 0.25) is 5.75 Å². The first kappa shape index (κ1) is 16.8. The van der Waals surface area contributed by atoms with E-state index in [4.69, 9.17) is 14.2 Å². The fourth-order valence-corrected chi connectivity index (χ4v) is 2.70. The van der Waals surface area contributed by atoms with Gasteiger partial charge in [-0.05, 0) is 42.0 Å². The summed E-state index contributed by atoms with van der Waals surface area (Å²) in [5.41, 5.74) is 1.29. The zero-order chi connectivity index (χ0) is 18.0. The maximum absolute atomic E-state index is 13.5. The van der Waals surface area contributed by atoms with Crippen LogP contribution in [0.1, 0.15) is 22.3 Å². The minimum Gasteiger partial charge on any atom is -0.502 e. The Hall–Kier alpha value is -3.02. The summed E-state index contributed by atoms with van der Waals surface area (Å²) in [6.45, 7) is 0.308. The summed E-state index contributed by atoms with van der Waals surface area (Å²) < 4.78 is 29.3. The molecule has 130 valence electrons. The zero-order valence-corrected chi connectivity index (χ0v) is 13.8. The molecule has 0 amide bonds. The topological polar surface area (TPSA) is 65.0 Å². The van der Waals surface area contributed by atoms with Crippen LogP contribution in [0.15, 0.2) is 35.9 Å². The number of ether oxygens (including phenoxy) is 3. The lowest BCUT2D eigenvalue weighted by molar-refractivity contribution is 0.103. The maximum Gasteiger partial charge on any atom is 0.200 e. The summed E-state index contributed by atoms with van der Waals surface area (Å²) in [4.78, 5) is 12.7. The van der Waals surface area contributed by atoms with Crippen molar-refractivity contribution in [3.63, 3.8) is 0 Å². The molecule has 2 aromatic rings. The number of fused-ring (bicyclic) bond motifs is 1. The third kappa shape index (κ3) is 3.28. The SMILES string of the molecule is COc1cc(/C=C2/CCOc3ccc(F)cc3C2=O)cc(OC)c1O. The molecule has 0 atom stereocenters. The van der Waals surface area contributed by atoms with Crippen molar-refractivity contribution in [2.24, 2.45) is 0 Å². The number of hydrogen-bond acceptors (Lipinski definition) is 5. The van der Waals surface area contributed by atoms with Crippen molar-refractivity contribution >= 4 is 11.9 Å². The average molecular weight is 344 g/mol. The number of ketones is 1. The molecule has 0 fully saturated rings. The molecule has 0 saturated heterocycles. The number of phenolic OH excluding ortho intramolecular Hbond substituents is 1. The lowest BCUT2D eigenvalue weighted by Gasteiger charge is -2.10. The monoisotopic (exact) mass is 344 g/mol. The van der Waals surface area contributed by atoms with Crippen molar-refractivity contribution < 1.29 is 28.5 Å². The van der Waals surface area contributed by atoms with Crippen LogP contribution in [0.25, 0.3) is 6.08 Å². The number of aromatic hydroxyl groups is 1.